The summed E-state index contributed by atoms with van der Waals surface area (Å²) in [6.07, 6.45) is 3.61. The summed E-state index contributed by atoms with van der Waals surface area (Å²) in [5.74, 6) is 0.783. The summed E-state index contributed by atoms with van der Waals surface area (Å²) in [4.78, 5) is 15.4. The maximum Gasteiger partial charge on any atom is 0.227 e. The lowest BCUT2D eigenvalue weighted by molar-refractivity contribution is 0.493. The third kappa shape index (κ3) is 1.93. The summed E-state index contributed by atoms with van der Waals surface area (Å²) in [5.41, 5.74) is 0.767. The molecule has 0 aliphatic carbocycles. The first-order valence-electron chi connectivity index (χ1n) is 5.90. The van der Waals surface area contributed by atoms with Gasteiger partial charge < -0.3 is 10.2 Å². The number of aromatic nitrogens is 3. The predicted octanol–water partition coefficient (Wildman–Crippen LogP) is 0.823. The minimum absolute atomic E-state index is 0.421. The first-order valence-corrected chi connectivity index (χ1v) is 5.90. The van der Waals surface area contributed by atoms with Crippen LogP contribution in [0.15, 0.2) is 24.5 Å². The van der Waals surface area contributed by atoms with Gasteiger partial charge in [-0.25, -0.2) is 9.97 Å². The number of fused-ring (bicyclic) bond motifs is 1. The highest BCUT2D eigenvalue weighted by Gasteiger charge is 2.20. The van der Waals surface area contributed by atoms with Gasteiger partial charge in [-0.1, -0.05) is 0 Å². The largest absolute Gasteiger partial charge is 0.336 e. The van der Waals surface area contributed by atoms with Crippen molar-refractivity contribution in [3.05, 3.63) is 24.5 Å². The van der Waals surface area contributed by atoms with Gasteiger partial charge in [0, 0.05) is 43.5 Å². The molecule has 1 aliphatic heterocycles. The Kier molecular flexibility index (Phi) is 2.60. The van der Waals surface area contributed by atoms with Gasteiger partial charge in [-0.05, 0) is 19.1 Å². The van der Waals surface area contributed by atoms with E-state index in [1.165, 1.54) is 0 Å². The van der Waals surface area contributed by atoms with E-state index in [4.69, 9.17) is 0 Å². The zero-order valence-corrected chi connectivity index (χ0v) is 9.80. The molecule has 5 heteroatoms. The van der Waals surface area contributed by atoms with Crippen LogP contribution >= 0.6 is 0 Å². The van der Waals surface area contributed by atoms with Gasteiger partial charge in [0.2, 0.25) is 5.95 Å². The zero-order chi connectivity index (χ0) is 11.7. The second kappa shape index (κ2) is 4.25. The normalized spacial score (nSPS) is 20.8. The molecule has 2 aromatic rings. The van der Waals surface area contributed by atoms with Gasteiger partial charge in [0.15, 0.2) is 5.65 Å². The Hall–Kier alpha value is -1.75. The Morgan fingerprint density at radius 2 is 2.35 bits per heavy atom. The highest BCUT2D eigenvalue weighted by Crippen LogP contribution is 2.15. The number of nitrogens with zero attached hydrogens (tertiary/aromatic N) is 4. The SMILES string of the molecule is C[C@H]1CNCCN1c1ncc2cccnc2n1. The summed E-state index contributed by atoms with van der Waals surface area (Å²) in [6.45, 7) is 5.08. The van der Waals surface area contributed by atoms with E-state index >= 15 is 0 Å². The highest BCUT2D eigenvalue weighted by atomic mass is 15.3. The van der Waals surface area contributed by atoms with Gasteiger partial charge in [0.05, 0.1) is 0 Å². The predicted molar refractivity (Wildman–Crippen MR) is 67.0 cm³/mol. The average molecular weight is 229 g/mol. The maximum absolute atomic E-state index is 4.53. The number of hydrogen-bond donors (Lipinski definition) is 1. The lowest BCUT2D eigenvalue weighted by Crippen LogP contribution is -2.50. The smallest absolute Gasteiger partial charge is 0.227 e. The Morgan fingerprint density at radius 3 is 3.24 bits per heavy atom. The van der Waals surface area contributed by atoms with Crippen LogP contribution in [0.3, 0.4) is 0 Å². The molecular formula is C12H15N5. The molecule has 3 heterocycles. The third-order valence-electron chi connectivity index (χ3n) is 3.10. The molecule has 0 unspecified atom stereocenters. The van der Waals surface area contributed by atoms with Crippen molar-refractivity contribution in [2.75, 3.05) is 24.5 Å². The van der Waals surface area contributed by atoms with Crippen molar-refractivity contribution in [3.63, 3.8) is 0 Å². The molecule has 1 aliphatic rings. The number of pyridine rings is 1. The molecular weight excluding hydrogens is 214 g/mol. The number of rotatable bonds is 1. The Bertz CT molecular complexity index is 527. The van der Waals surface area contributed by atoms with Crippen molar-refractivity contribution in [2.45, 2.75) is 13.0 Å². The molecule has 1 atom stereocenters. The van der Waals surface area contributed by atoms with E-state index < -0.39 is 0 Å². The van der Waals surface area contributed by atoms with Gasteiger partial charge in [-0.2, -0.15) is 4.98 Å². The molecule has 1 saturated heterocycles. The van der Waals surface area contributed by atoms with Gasteiger partial charge in [0.1, 0.15) is 0 Å². The molecule has 3 rings (SSSR count). The monoisotopic (exact) mass is 229 g/mol. The number of hydrogen-bond acceptors (Lipinski definition) is 5. The Balaban J connectivity index is 1.99. The lowest BCUT2D eigenvalue weighted by atomic mass is 10.2. The minimum Gasteiger partial charge on any atom is -0.336 e. The molecule has 2 aromatic heterocycles. The topological polar surface area (TPSA) is 53.9 Å². The minimum atomic E-state index is 0.421. The molecule has 0 saturated carbocycles. The highest BCUT2D eigenvalue weighted by molar-refractivity contribution is 5.74. The fraction of sp³-hybridized carbons (Fsp3) is 0.417. The molecule has 0 aromatic carbocycles. The van der Waals surface area contributed by atoms with Crippen LogP contribution in [0.4, 0.5) is 5.95 Å². The van der Waals surface area contributed by atoms with Crippen LogP contribution in [0.25, 0.3) is 11.0 Å². The van der Waals surface area contributed by atoms with Gasteiger partial charge in [-0.3, -0.25) is 0 Å². The molecule has 0 spiro atoms. The van der Waals surface area contributed by atoms with Gasteiger partial charge in [0.25, 0.3) is 0 Å². The van der Waals surface area contributed by atoms with Crippen LogP contribution in [-0.2, 0) is 0 Å². The Labute approximate surface area is 99.9 Å². The van der Waals surface area contributed by atoms with Crippen LogP contribution in [0, 0.1) is 0 Å². The van der Waals surface area contributed by atoms with Crippen molar-refractivity contribution in [1.82, 2.24) is 20.3 Å². The van der Waals surface area contributed by atoms with Crippen LogP contribution < -0.4 is 10.2 Å². The molecule has 5 nitrogen and oxygen atoms in total. The first kappa shape index (κ1) is 10.4. The second-order valence-corrected chi connectivity index (χ2v) is 4.33. The van der Waals surface area contributed by atoms with Crippen LogP contribution in [0.1, 0.15) is 6.92 Å². The number of nitrogens with one attached hydrogen (secondary N) is 1. The van der Waals surface area contributed by atoms with Gasteiger partial charge >= 0.3 is 0 Å². The summed E-state index contributed by atoms with van der Waals surface area (Å²) >= 11 is 0. The van der Waals surface area contributed by atoms with E-state index in [2.05, 4.69) is 32.1 Å². The average Bonchev–Trinajstić information content (AvgIpc) is 2.39. The summed E-state index contributed by atoms with van der Waals surface area (Å²) in [7, 11) is 0. The molecule has 0 radical (unpaired) electrons. The standard InChI is InChI=1S/C12H15N5/c1-9-7-13-5-6-17(9)12-15-8-10-3-2-4-14-11(10)16-12/h2-4,8-9,13H,5-7H2,1H3/t9-/m0/s1. The fourth-order valence-electron chi connectivity index (χ4n) is 2.13. The molecule has 0 bridgehead atoms. The van der Waals surface area contributed by atoms with E-state index in [1.54, 1.807) is 6.20 Å². The van der Waals surface area contributed by atoms with E-state index in [0.717, 1.165) is 36.6 Å². The quantitative estimate of drug-likeness (QED) is 0.784. The maximum atomic E-state index is 4.53. The van der Waals surface area contributed by atoms with Crippen molar-refractivity contribution < 1.29 is 0 Å². The van der Waals surface area contributed by atoms with Crippen LogP contribution in [0.5, 0.6) is 0 Å². The zero-order valence-electron chi connectivity index (χ0n) is 9.80. The molecule has 17 heavy (non-hydrogen) atoms. The number of anilines is 1. The van der Waals surface area contributed by atoms with Crippen molar-refractivity contribution >= 4 is 17.0 Å². The molecule has 1 N–H and O–H groups in total. The van der Waals surface area contributed by atoms with Crippen LogP contribution in [-0.4, -0.2) is 40.6 Å². The molecule has 88 valence electrons. The van der Waals surface area contributed by atoms with Crippen molar-refractivity contribution in [1.29, 1.82) is 0 Å². The first-order chi connectivity index (χ1) is 8.34. The fourth-order valence-corrected chi connectivity index (χ4v) is 2.13. The van der Waals surface area contributed by atoms with E-state index in [9.17, 15) is 0 Å². The number of piperazine rings is 1. The second-order valence-electron chi connectivity index (χ2n) is 4.33. The molecule has 0 amide bonds. The third-order valence-corrected chi connectivity index (χ3v) is 3.10. The molecule has 1 fully saturated rings. The van der Waals surface area contributed by atoms with E-state index in [0.29, 0.717) is 6.04 Å². The van der Waals surface area contributed by atoms with E-state index in [1.807, 2.05) is 18.3 Å². The summed E-state index contributed by atoms with van der Waals surface area (Å²) in [5, 5.41) is 4.34. The van der Waals surface area contributed by atoms with Crippen LogP contribution in [0.2, 0.25) is 0 Å². The van der Waals surface area contributed by atoms with E-state index in [-0.39, 0.29) is 0 Å². The van der Waals surface area contributed by atoms with Crippen molar-refractivity contribution in [3.8, 4) is 0 Å². The van der Waals surface area contributed by atoms with Gasteiger partial charge in [-0.15, -0.1) is 0 Å². The lowest BCUT2D eigenvalue weighted by Gasteiger charge is -2.33. The summed E-state index contributed by atoms with van der Waals surface area (Å²) < 4.78 is 0. The summed E-state index contributed by atoms with van der Waals surface area (Å²) in [6, 6.07) is 4.30. The van der Waals surface area contributed by atoms with Crippen molar-refractivity contribution in [2.24, 2.45) is 0 Å². The Morgan fingerprint density at radius 1 is 1.41 bits per heavy atom.